The summed E-state index contributed by atoms with van der Waals surface area (Å²) < 4.78 is 11.9. The zero-order valence-corrected chi connectivity index (χ0v) is 13.3. The summed E-state index contributed by atoms with van der Waals surface area (Å²) >= 11 is 2.20. The van der Waals surface area contributed by atoms with E-state index in [4.69, 9.17) is 9.47 Å². The van der Waals surface area contributed by atoms with Crippen LogP contribution in [0.2, 0.25) is 0 Å². The molecule has 0 saturated heterocycles. The molecule has 0 fully saturated rings. The molecule has 0 N–H and O–H groups in total. The summed E-state index contributed by atoms with van der Waals surface area (Å²) in [6.45, 7) is 2.72. The lowest BCUT2D eigenvalue weighted by Crippen LogP contribution is -2.08. The van der Waals surface area contributed by atoms with Crippen LogP contribution in [0.3, 0.4) is 0 Å². The molecule has 0 heterocycles. The number of hydrogen-bond donors (Lipinski definition) is 0. The van der Waals surface area contributed by atoms with Crippen LogP contribution in [0.25, 0.3) is 0 Å². The third-order valence-electron chi connectivity index (χ3n) is 2.59. The smallest absolute Gasteiger partial charge is 0.343 e. The van der Waals surface area contributed by atoms with Crippen molar-refractivity contribution in [3.63, 3.8) is 0 Å². The second kappa shape index (κ2) is 7.28. The maximum absolute atomic E-state index is 12.0. The molecule has 3 nitrogen and oxygen atoms in total. The van der Waals surface area contributed by atoms with E-state index in [0.29, 0.717) is 17.9 Å². The molecule has 0 spiro atoms. The Kier molecular flexibility index (Phi) is 5.40. The first-order valence-electron chi connectivity index (χ1n) is 6.39. The molecule has 104 valence electrons. The molecule has 2 rings (SSSR count). The van der Waals surface area contributed by atoms with Crippen LogP contribution < -0.4 is 9.47 Å². The minimum absolute atomic E-state index is 0.367. The number of carbonyl (C=O) groups excluding carboxylic acids is 1. The van der Waals surface area contributed by atoms with Gasteiger partial charge in [-0.2, -0.15) is 0 Å². The number of rotatable bonds is 5. The van der Waals surface area contributed by atoms with Crippen molar-refractivity contribution in [2.45, 2.75) is 13.3 Å². The average Bonchev–Trinajstić information content (AvgIpc) is 2.48. The standard InChI is InChI=1S/C16H15IO3/c1-2-11-19-14-7-3-12(4-8-14)16(18)20-15-9-5-13(17)6-10-15/h3-10H,2,11H2,1H3. The Labute approximate surface area is 132 Å². The largest absolute Gasteiger partial charge is 0.494 e. The van der Waals surface area contributed by atoms with Gasteiger partial charge in [0.1, 0.15) is 11.5 Å². The molecule has 0 amide bonds. The maximum atomic E-state index is 12.0. The highest BCUT2D eigenvalue weighted by atomic mass is 127. The molecule has 0 saturated carbocycles. The van der Waals surface area contributed by atoms with Gasteiger partial charge in [-0.3, -0.25) is 0 Å². The van der Waals surface area contributed by atoms with Crippen LogP contribution in [0.1, 0.15) is 23.7 Å². The Morgan fingerprint density at radius 2 is 1.60 bits per heavy atom. The van der Waals surface area contributed by atoms with E-state index >= 15 is 0 Å². The van der Waals surface area contributed by atoms with E-state index in [0.717, 1.165) is 15.7 Å². The number of ether oxygens (including phenoxy) is 2. The molecule has 4 heteroatoms. The second-order valence-corrected chi connectivity index (χ2v) is 5.46. The van der Waals surface area contributed by atoms with E-state index in [1.165, 1.54) is 0 Å². The summed E-state index contributed by atoms with van der Waals surface area (Å²) in [7, 11) is 0. The van der Waals surface area contributed by atoms with Crippen LogP contribution >= 0.6 is 22.6 Å². The van der Waals surface area contributed by atoms with E-state index < -0.39 is 0 Å². The first kappa shape index (κ1) is 14.8. The zero-order chi connectivity index (χ0) is 14.4. The van der Waals surface area contributed by atoms with Crippen LogP contribution in [0, 0.1) is 3.57 Å². The molecule has 20 heavy (non-hydrogen) atoms. The quantitative estimate of drug-likeness (QED) is 0.440. The van der Waals surface area contributed by atoms with Crippen molar-refractivity contribution in [3.8, 4) is 11.5 Å². The molecule has 2 aromatic rings. The lowest BCUT2D eigenvalue weighted by Gasteiger charge is -2.06. The molecule has 0 aliphatic rings. The lowest BCUT2D eigenvalue weighted by molar-refractivity contribution is 0.0734. The van der Waals surface area contributed by atoms with Gasteiger partial charge in [0.2, 0.25) is 0 Å². The topological polar surface area (TPSA) is 35.5 Å². The predicted molar refractivity (Wildman–Crippen MR) is 86.3 cm³/mol. The molecule has 0 aromatic heterocycles. The van der Waals surface area contributed by atoms with Crippen molar-refractivity contribution in [1.82, 2.24) is 0 Å². The fourth-order valence-electron chi connectivity index (χ4n) is 1.58. The summed E-state index contributed by atoms with van der Waals surface area (Å²) in [5.41, 5.74) is 0.507. The van der Waals surface area contributed by atoms with E-state index in [1.807, 2.05) is 19.1 Å². The molecular weight excluding hydrogens is 367 g/mol. The second-order valence-electron chi connectivity index (χ2n) is 4.22. The Bertz CT molecular complexity index is 561. The molecule has 0 aliphatic heterocycles. The van der Waals surface area contributed by atoms with Crippen molar-refractivity contribution in [3.05, 3.63) is 57.7 Å². The fraction of sp³-hybridized carbons (Fsp3) is 0.188. The Hall–Kier alpha value is -1.56. The van der Waals surface area contributed by atoms with Crippen LogP contribution in [-0.4, -0.2) is 12.6 Å². The SMILES string of the molecule is CCCOc1ccc(C(=O)Oc2ccc(I)cc2)cc1. The van der Waals surface area contributed by atoms with E-state index in [9.17, 15) is 4.79 Å². The highest BCUT2D eigenvalue weighted by Gasteiger charge is 2.08. The molecule has 0 atom stereocenters. The lowest BCUT2D eigenvalue weighted by atomic mass is 10.2. The summed E-state index contributed by atoms with van der Waals surface area (Å²) in [6.07, 6.45) is 0.955. The highest BCUT2D eigenvalue weighted by Crippen LogP contribution is 2.17. The summed E-state index contributed by atoms with van der Waals surface area (Å²) in [6, 6.07) is 14.3. The van der Waals surface area contributed by atoms with E-state index in [1.54, 1.807) is 36.4 Å². The molecule has 0 unspecified atom stereocenters. The van der Waals surface area contributed by atoms with Gasteiger partial charge in [-0.25, -0.2) is 4.79 Å². The molecule has 0 radical (unpaired) electrons. The molecule has 2 aromatic carbocycles. The van der Waals surface area contributed by atoms with Crippen LogP contribution in [-0.2, 0) is 0 Å². The predicted octanol–water partition coefficient (Wildman–Crippen LogP) is 4.30. The van der Waals surface area contributed by atoms with Gasteiger partial charge in [0, 0.05) is 3.57 Å². The number of halogens is 1. The van der Waals surface area contributed by atoms with Crippen molar-refractivity contribution < 1.29 is 14.3 Å². The Morgan fingerprint density at radius 3 is 2.20 bits per heavy atom. The van der Waals surface area contributed by atoms with Gasteiger partial charge in [0.15, 0.2) is 0 Å². The van der Waals surface area contributed by atoms with Gasteiger partial charge in [0.25, 0.3) is 0 Å². The third-order valence-corrected chi connectivity index (χ3v) is 3.31. The van der Waals surface area contributed by atoms with Gasteiger partial charge >= 0.3 is 5.97 Å². The van der Waals surface area contributed by atoms with Gasteiger partial charge in [-0.1, -0.05) is 6.92 Å². The van der Waals surface area contributed by atoms with Gasteiger partial charge in [-0.15, -0.1) is 0 Å². The Balaban J connectivity index is 2.00. The normalized spacial score (nSPS) is 10.1. The third kappa shape index (κ3) is 4.23. The minimum atomic E-state index is -0.367. The van der Waals surface area contributed by atoms with E-state index in [2.05, 4.69) is 22.6 Å². The summed E-state index contributed by atoms with van der Waals surface area (Å²) in [4.78, 5) is 12.0. The maximum Gasteiger partial charge on any atom is 0.343 e. The van der Waals surface area contributed by atoms with Crippen molar-refractivity contribution in [1.29, 1.82) is 0 Å². The van der Waals surface area contributed by atoms with Crippen LogP contribution in [0.5, 0.6) is 11.5 Å². The molecule has 0 bridgehead atoms. The first-order valence-corrected chi connectivity index (χ1v) is 7.47. The number of benzene rings is 2. The monoisotopic (exact) mass is 382 g/mol. The molecule has 0 aliphatic carbocycles. The first-order chi connectivity index (χ1) is 9.69. The van der Waals surface area contributed by atoms with Crippen LogP contribution in [0.15, 0.2) is 48.5 Å². The zero-order valence-electron chi connectivity index (χ0n) is 11.1. The van der Waals surface area contributed by atoms with Crippen LogP contribution in [0.4, 0.5) is 0 Å². The van der Waals surface area contributed by atoms with E-state index in [-0.39, 0.29) is 5.97 Å². The average molecular weight is 382 g/mol. The number of hydrogen-bond acceptors (Lipinski definition) is 3. The van der Waals surface area contributed by atoms with Gasteiger partial charge in [-0.05, 0) is 77.5 Å². The summed E-state index contributed by atoms with van der Waals surface area (Å²) in [5.74, 6) is 0.938. The summed E-state index contributed by atoms with van der Waals surface area (Å²) in [5, 5.41) is 0. The van der Waals surface area contributed by atoms with Gasteiger partial charge < -0.3 is 9.47 Å². The minimum Gasteiger partial charge on any atom is -0.494 e. The van der Waals surface area contributed by atoms with Gasteiger partial charge in [0.05, 0.1) is 12.2 Å². The van der Waals surface area contributed by atoms with Crippen molar-refractivity contribution >= 4 is 28.6 Å². The fourth-order valence-corrected chi connectivity index (χ4v) is 1.94. The molecular formula is C16H15IO3. The van der Waals surface area contributed by atoms with Crippen molar-refractivity contribution in [2.75, 3.05) is 6.61 Å². The highest BCUT2D eigenvalue weighted by molar-refractivity contribution is 14.1. The Morgan fingerprint density at radius 1 is 1.00 bits per heavy atom. The van der Waals surface area contributed by atoms with Crippen molar-refractivity contribution in [2.24, 2.45) is 0 Å². The number of esters is 1. The number of carbonyl (C=O) groups is 1.